The first-order chi connectivity index (χ1) is 24.3. The number of aromatic hydroxyl groups is 1. The van der Waals surface area contributed by atoms with Gasteiger partial charge in [-0.15, -0.1) is 16.9 Å². The van der Waals surface area contributed by atoms with E-state index >= 15 is 0 Å². The number of carbonyl (C=O) groups is 2. The van der Waals surface area contributed by atoms with Crippen LogP contribution in [0.4, 0.5) is 18.9 Å². The van der Waals surface area contributed by atoms with E-state index in [0.717, 1.165) is 27.6 Å². The fourth-order valence-electron chi connectivity index (χ4n) is 6.67. The quantitative estimate of drug-likeness (QED) is 0.203. The fraction of sp³-hybridized carbons (Fsp3) is 0.294. The average molecular weight is 740 g/mol. The lowest BCUT2D eigenvalue weighted by atomic mass is 9.85. The smallest absolute Gasteiger partial charge is 0.416 e. The Bertz CT molecular complexity index is 2250. The molecule has 7 rings (SSSR count). The number of pyridine rings is 1. The number of likely N-dealkylation sites (tertiary alicyclic amines) is 1. The molecule has 2 N–H and O–H groups in total. The first kappa shape index (κ1) is 34.5. The number of anilines is 1. The zero-order valence-corrected chi connectivity index (χ0v) is 28.6. The maximum atomic E-state index is 14.4. The van der Waals surface area contributed by atoms with Crippen molar-refractivity contribution in [3.63, 3.8) is 0 Å². The lowest BCUT2D eigenvalue weighted by molar-refractivity contribution is -0.137. The second-order valence-electron chi connectivity index (χ2n) is 12.2. The van der Waals surface area contributed by atoms with E-state index in [9.17, 15) is 32.7 Å². The maximum Gasteiger partial charge on any atom is 0.416 e. The molecule has 0 bridgehead atoms. The average Bonchev–Trinajstić information content (AvgIpc) is 3.67. The summed E-state index contributed by atoms with van der Waals surface area (Å²) < 4.78 is 48.9. The molecule has 5 aromatic rings. The maximum absolute atomic E-state index is 14.4. The molecule has 1 atom stereocenters. The number of thioether (sulfide) groups is 1. The minimum absolute atomic E-state index is 0.0313. The monoisotopic (exact) mass is 739 g/mol. The number of nitrogens with one attached hydrogen (secondary N) is 1. The van der Waals surface area contributed by atoms with Crippen molar-refractivity contribution in [2.24, 2.45) is 0 Å². The molecule has 2 aliphatic rings. The summed E-state index contributed by atoms with van der Waals surface area (Å²) in [6.45, 7) is 1.68. The Morgan fingerprint density at radius 3 is 2.51 bits per heavy atom. The Hall–Kier alpha value is -4.93. The Balaban J connectivity index is 1.28. The largest absolute Gasteiger partial charge is 0.505 e. The lowest BCUT2D eigenvalue weighted by Gasteiger charge is -2.39. The number of hydrogen-bond acceptors (Lipinski definition) is 9. The van der Waals surface area contributed by atoms with Gasteiger partial charge in [0, 0.05) is 29.7 Å². The number of fused-ring (bicyclic) bond motifs is 3. The van der Waals surface area contributed by atoms with Crippen LogP contribution in [0.1, 0.15) is 53.2 Å². The highest BCUT2D eigenvalue weighted by Crippen LogP contribution is 2.48. The van der Waals surface area contributed by atoms with E-state index in [1.165, 1.54) is 27.8 Å². The van der Waals surface area contributed by atoms with Gasteiger partial charge < -0.3 is 24.6 Å². The number of amides is 2. The normalized spacial score (nSPS) is 16.8. The molecule has 51 heavy (non-hydrogen) atoms. The number of nitrogens with zero attached hydrogens (tertiary/aromatic N) is 6. The molecular formula is C34H29ClF3N7O5S. The van der Waals surface area contributed by atoms with Crippen molar-refractivity contribution in [1.82, 2.24) is 29.0 Å². The molecule has 0 saturated carbocycles. The van der Waals surface area contributed by atoms with E-state index in [2.05, 4.69) is 20.4 Å². The van der Waals surface area contributed by atoms with E-state index in [1.807, 2.05) is 30.5 Å². The summed E-state index contributed by atoms with van der Waals surface area (Å²) in [5, 5.41) is 17.0. The van der Waals surface area contributed by atoms with Crippen molar-refractivity contribution in [1.29, 1.82) is 0 Å². The summed E-state index contributed by atoms with van der Waals surface area (Å²) >= 11 is 7.69. The van der Waals surface area contributed by atoms with Gasteiger partial charge in [0.05, 0.1) is 33.6 Å². The number of halogens is 4. The van der Waals surface area contributed by atoms with Crippen molar-refractivity contribution in [3.05, 3.63) is 98.7 Å². The van der Waals surface area contributed by atoms with Crippen LogP contribution in [0.3, 0.4) is 0 Å². The third-order valence-corrected chi connectivity index (χ3v) is 10.2. The van der Waals surface area contributed by atoms with Crippen LogP contribution in [0.2, 0.25) is 5.02 Å². The van der Waals surface area contributed by atoms with Crippen molar-refractivity contribution in [3.8, 4) is 17.1 Å². The minimum atomic E-state index is -4.62. The van der Waals surface area contributed by atoms with Crippen molar-refractivity contribution >= 4 is 46.6 Å². The number of rotatable bonds is 6. The van der Waals surface area contributed by atoms with Crippen LogP contribution in [0.15, 0.2) is 70.5 Å². The van der Waals surface area contributed by atoms with Crippen LogP contribution in [0, 0.1) is 0 Å². The molecule has 2 aromatic carbocycles. The molecule has 1 spiro atoms. The van der Waals surface area contributed by atoms with Crippen molar-refractivity contribution in [2.75, 3.05) is 24.7 Å². The number of benzene rings is 2. The number of aromatic nitrogens is 5. The van der Waals surface area contributed by atoms with E-state index in [4.69, 9.17) is 16.3 Å². The van der Waals surface area contributed by atoms with Gasteiger partial charge in [-0.05, 0) is 68.5 Å². The van der Waals surface area contributed by atoms with Gasteiger partial charge in [0.25, 0.3) is 11.5 Å². The van der Waals surface area contributed by atoms with Crippen molar-refractivity contribution < 1.29 is 32.6 Å². The molecule has 2 aliphatic heterocycles. The fourth-order valence-corrected chi connectivity index (χ4v) is 7.31. The van der Waals surface area contributed by atoms with Gasteiger partial charge in [-0.2, -0.15) is 22.7 Å². The molecule has 1 saturated heterocycles. The molecular weight excluding hydrogens is 711 g/mol. The molecule has 17 heteroatoms. The number of piperidine rings is 1. The summed E-state index contributed by atoms with van der Waals surface area (Å²) in [7, 11) is 0. The Morgan fingerprint density at radius 1 is 1.14 bits per heavy atom. The highest BCUT2D eigenvalue weighted by atomic mass is 35.5. The highest BCUT2D eigenvalue weighted by Gasteiger charge is 2.50. The Kier molecular flexibility index (Phi) is 8.80. The van der Waals surface area contributed by atoms with Gasteiger partial charge in [0.2, 0.25) is 11.7 Å². The zero-order chi connectivity index (χ0) is 36.2. The van der Waals surface area contributed by atoms with Crippen LogP contribution in [0.5, 0.6) is 5.75 Å². The SMILES string of the molecule is CSc1ccc(-c2nc3n(CC(=O)Nc4ccc(C(F)(F)F)cc4Cl)c4c(c(=O)n3n2)C2(CCN(C(=O)c3ncccc3O)CC2)OC4C)cc1. The molecule has 264 valence electrons. The van der Waals surface area contributed by atoms with Crippen LogP contribution < -0.4 is 10.9 Å². The minimum Gasteiger partial charge on any atom is -0.505 e. The number of hydrogen-bond donors (Lipinski definition) is 2. The third kappa shape index (κ3) is 6.21. The van der Waals surface area contributed by atoms with E-state index < -0.39 is 47.4 Å². The highest BCUT2D eigenvalue weighted by molar-refractivity contribution is 7.98. The number of alkyl halides is 3. The van der Waals surface area contributed by atoms with Gasteiger partial charge >= 0.3 is 6.18 Å². The molecule has 1 fully saturated rings. The second-order valence-corrected chi connectivity index (χ2v) is 13.5. The molecule has 5 heterocycles. The van der Waals surface area contributed by atoms with Gasteiger partial charge in [-0.25, -0.2) is 4.98 Å². The van der Waals surface area contributed by atoms with E-state index in [1.54, 1.807) is 18.7 Å². The number of carbonyl (C=O) groups excluding carboxylic acids is 2. The van der Waals surface area contributed by atoms with Crippen LogP contribution in [0.25, 0.3) is 17.2 Å². The van der Waals surface area contributed by atoms with Crippen LogP contribution in [-0.4, -0.2) is 65.3 Å². The predicted molar refractivity (Wildman–Crippen MR) is 182 cm³/mol. The van der Waals surface area contributed by atoms with Gasteiger partial charge in [0.1, 0.15) is 17.9 Å². The standard InChI is InChI=1S/C34H29ClF3N7O5S/c1-18-28-26(33(50-18)11-14-43(15-12-33)31(49)27-24(46)4-3-13-39-27)30(48)45-32(41-29(42-45)19-5-8-21(51-2)9-6-19)44(28)17-25(47)40-23-10-7-20(16-22(23)35)34(36,37)38/h3-10,13,16,18,46H,11-12,14-15,17H2,1-2H3,(H,40,47). The van der Waals surface area contributed by atoms with Gasteiger partial charge in [-0.1, -0.05) is 23.7 Å². The van der Waals surface area contributed by atoms with Crippen LogP contribution in [-0.2, 0) is 27.9 Å². The molecule has 0 aliphatic carbocycles. The number of ether oxygens (including phenoxy) is 1. The summed E-state index contributed by atoms with van der Waals surface area (Å²) in [5.74, 6) is -1.06. The molecule has 3 aromatic heterocycles. The molecule has 1 unspecified atom stereocenters. The second kappa shape index (κ2) is 13.0. The molecule has 2 amide bonds. The molecule has 0 radical (unpaired) electrons. The summed E-state index contributed by atoms with van der Waals surface area (Å²) in [6, 6.07) is 12.9. The summed E-state index contributed by atoms with van der Waals surface area (Å²) in [5.41, 5.74) is -1.43. The Morgan fingerprint density at radius 2 is 1.86 bits per heavy atom. The molecule has 12 nitrogen and oxygen atoms in total. The van der Waals surface area contributed by atoms with Crippen LogP contribution >= 0.6 is 23.4 Å². The predicted octanol–water partition coefficient (Wildman–Crippen LogP) is 5.91. The first-order valence-electron chi connectivity index (χ1n) is 15.8. The van der Waals surface area contributed by atoms with E-state index in [0.29, 0.717) is 11.3 Å². The lowest BCUT2D eigenvalue weighted by Crippen LogP contribution is -2.47. The Labute approximate surface area is 297 Å². The summed E-state index contributed by atoms with van der Waals surface area (Å²) in [6.07, 6.45) is -1.54. The first-order valence-corrected chi connectivity index (χ1v) is 17.4. The third-order valence-electron chi connectivity index (χ3n) is 9.10. The topological polar surface area (TPSA) is 144 Å². The van der Waals surface area contributed by atoms with E-state index in [-0.39, 0.29) is 65.3 Å². The zero-order valence-electron chi connectivity index (χ0n) is 27.1. The van der Waals surface area contributed by atoms with Gasteiger partial charge in [0.15, 0.2) is 11.5 Å². The summed E-state index contributed by atoms with van der Waals surface area (Å²) in [4.78, 5) is 52.4. The van der Waals surface area contributed by atoms with Crippen molar-refractivity contribution in [2.45, 2.75) is 49.1 Å². The van der Waals surface area contributed by atoms with Gasteiger partial charge in [-0.3, -0.25) is 14.4 Å².